The first-order valence-corrected chi connectivity index (χ1v) is 6.79. The maximum Gasteiger partial charge on any atom is 0.331 e. The van der Waals surface area contributed by atoms with Gasteiger partial charge in [-0.3, -0.25) is 24.6 Å². The first-order valence-electron chi connectivity index (χ1n) is 6.79. The van der Waals surface area contributed by atoms with Crippen LogP contribution in [-0.2, 0) is 14.4 Å². The smallest absolute Gasteiger partial charge is 0.331 e. The summed E-state index contributed by atoms with van der Waals surface area (Å²) in [6.45, 7) is 3.89. The molecule has 2 fully saturated rings. The fourth-order valence-corrected chi connectivity index (χ4v) is 2.37. The molecule has 0 saturated carbocycles. The summed E-state index contributed by atoms with van der Waals surface area (Å²) in [7, 11) is 0. The number of piperidine rings is 1. The molecule has 0 aromatic carbocycles. The monoisotopic (exact) mass is 281 g/mol. The van der Waals surface area contributed by atoms with E-state index in [1.54, 1.807) is 4.90 Å². The number of imide groups is 2. The summed E-state index contributed by atoms with van der Waals surface area (Å²) in [4.78, 5) is 50.1. The zero-order valence-electron chi connectivity index (χ0n) is 11.8. The Labute approximate surface area is 117 Å². The van der Waals surface area contributed by atoms with Crippen LogP contribution in [0.4, 0.5) is 4.79 Å². The van der Waals surface area contributed by atoms with E-state index in [0.29, 0.717) is 13.1 Å². The highest BCUT2D eigenvalue weighted by atomic mass is 16.2. The van der Waals surface area contributed by atoms with Crippen molar-refractivity contribution in [3.05, 3.63) is 0 Å². The molecular formula is C13H19N3O4. The van der Waals surface area contributed by atoms with Gasteiger partial charge in [0.25, 0.3) is 0 Å². The number of nitrogens with one attached hydrogen (secondary N) is 1. The van der Waals surface area contributed by atoms with Gasteiger partial charge in [-0.1, -0.05) is 0 Å². The Morgan fingerprint density at radius 3 is 2.35 bits per heavy atom. The Bertz CT molecular complexity index is 466. The normalized spacial score (nSPS) is 22.8. The standard InChI is InChI=1S/C13H19N3O4/c1-13(2)10(18)14-12(20)16(11(13)19)8-9(17)15-6-4-3-5-7-15/h3-8H2,1-2H3,(H,14,18,20). The summed E-state index contributed by atoms with van der Waals surface area (Å²) in [5.74, 6) is -1.51. The molecule has 0 aliphatic carbocycles. The van der Waals surface area contributed by atoms with Crippen molar-refractivity contribution in [2.24, 2.45) is 5.41 Å². The summed E-state index contributed by atoms with van der Waals surface area (Å²) in [5.41, 5.74) is -1.32. The van der Waals surface area contributed by atoms with E-state index in [9.17, 15) is 19.2 Å². The average molecular weight is 281 g/mol. The zero-order valence-corrected chi connectivity index (χ0v) is 11.8. The van der Waals surface area contributed by atoms with Crippen LogP contribution in [0.5, 0.6) is 0 Å². The SMILES string of the molecule is CC1(C)C(=O)NC(=O)N(CC(=O)N2CCCCC2)C1=O. The summed E-state index contributed by atoms with van der Waals surface area (Å²) in [6.07, 6.45) is 2.97. The lowest BCUT2D eigenvalue weighted by Crippen LogP contribution is -2.63. The number of urea groups is 1. The molecule has 0 unspecified atom stereocenters. The minimum Gasteiger partial charge on any atom is -0.341 e. The van der Waals surface area contributed by atoms with Crippen molar-refractivity contribution in [1.82, 2.24) is 15.1 Å². The maximum absolute atomic E-state index is 12.2. The van der Waals surface area contributed by atoms with Gasteiger partial charge in [-0.25, -0.2) is 4.79 Å². The fraction of sp³-hybridized carbons (Fsp3) is 0.692. The van der Waals surface area contributed by atoms with Gasteiger partial charge in [-0.2, -0.15) is 0 Å². The molecule has 20 heavy (non-hydrogen) atoms. The molecule has 0 radical (unpaired) electrons. The Balaban J connectivity index is 2.07. The van der Waals surface area contributed by atoms with Gasteiger partial charge in [0.05, 0.1) is 0 Å². The number of barbiturate groups is 1. The molecule has 7 nitrogen and oxygen atoms in total. The number of hydrogen-bond donors (Lipinski definition) is 1. The van der Waals surface area contributed by atoms with E-state index in [1.165, 1.54) is 13.8 Å². The molecule has 2 rings (SSSR count). The van der Waals surface area contributed by atoms with Crippen LogP contribution in [0.15, 0.2) is 0 Å². The largest absolute Gasteiger partial charge is 0.341 e. The third-order valence-corrected chi connectivity index (χ3v) is 3.82. The Kier molecular flexibility index (Phi) is 3.78. The van der Waals surface area contributed by atoms with Gasteiger partial charge < -0.3 is 4.90 Å². The van der Waals surface area contributed by atoms with E-state index in [0.717, 1.165) is 24.2 Å². The van der Waals surface area contributed by atoms with Crippen LogP contribution < -0.4 is 5.32 Å². The lowest BCUT2D eigenvalue weighted by molar-refractivity contribution is -0.152. The number of likely N-dealkylation sites (tertiary alicyclic amines) is 1. The van der Waals surface area contributed by atoms with Gasteiger partial charge in [-0.05, 0) is 33.1 Å². The van der Waals surface area contributed by atoms with E-state index in [1.807, 2.05) is 0 Å². The molecule has 0 aromatic heterocycles. The minimum atomic E-state index is -1.32. The van der Waals surface area contributed by atoms with Crippen molar-refractivity contribution in [2.75, 3.05) is 19.6 Å². The van der Waals surface area contributed by atoms with E-state index < -0.39 is 23.3 Å². The van der Waals surface area contributed by atoms with Crippen LogP contribution in [0.3, 0.4) is 0 Å². The number of hydrogen-bond acceptors (Lipinski definition) is 4. The molecule has 5 amide bonds. The second-order valence-electron chi connectivity index (χ2n) is 5.72. The van der Waals surface area contributed by atoms with Crippen LogP contribution in [0.25, 0.3) is 0 Å². The highest BCUT2D eigenvalue weighted by molar-refractivity contribution is 6.19. The lowest BCUT2D eigenvalue weighted by atomic mass is 9.89. The highest BCUT2D eigenvalue weighted by Crippen LogP contribution is 2.23. The fourth-order valence-electron chi connectivity index (χ4n) is 2.37. The Morgan fingerprint density at radius 1 is 1.15 bits per heavy atom. The second-order valence-corrected chi connectivity index (χ2v) is 5.72. The van der Waals surface area contributed by atoms with Crippen molar-refractivity contribution in [3.8, 4) is 0 Å². The first kappa shape index (κ1) is 14.5. The molecule has 0 aromatic rings. The number of rotatable bonds is 2. The van der Waals surface area contributed by atoms with Gasteiger partial charge in [0.1, 0.15) is 12.0 Å². The van der Waals surface area contributed by atoms with Crippen LogP contribution in [0.2, 0.25) is 0 Å². The maximum atomic E-state index is 12.2. The summed E-state index contributed by atoms with van der Waals surface area (Å²) in [6, 6.07) is -0.815. The van der Waals surface area contributed by atoms with Gasteiger partial charge in [0.2, 0.25) is 17.7 Å². The molecule has 2 aliphatic heterocycles. The van der Waals surface area contributed by atoms with Gasteiger partial charge in [0, 0.05) is 13.1 Å². The van der Waals surface area contributed by atoms with Crippen molar-refractivity contribution in [2.45, 2.75) is 33.1 Å². The van der Waals surface area contributed by atoms with Crippen molar-refractivity contribution >= 4 is 23.8 Å². The summed E-state index contributed by atoms with van der Waals surface area (Å²) < 4.78 is 0. The Hall–Kier alpha value is -1.92. The second kappa shape index (κ2) is 5.22. The third-order valence-electron chi connectivity index (χ3n) is 3.82. The molecule has 7 heteroatoms. The molecule has 2 aliphatic rings. The van der Waals surface area contributed by atoms with Crippen molar-refractivity contribution < 1.29 is 19.2 Å². The number of carbonyl (C=O) groups is 4. The molecule has 0 atom stereocenters. The third kappa shape index (κ3) is 2.52. The number of carbonyl (C=O) groups excluding carboxylic acids is 4. The van der Waals surface area contributed by atoms with Gasteiger partial charge in [-0.15, -0.1) is 0 Å². The predicted octanol–water partition coefficient (Wildman–Crippen LogP) is 0.103. The van der Waals surface area contributed by atoms with E-state index in [2.05, 4.69) is 5.32 Å². The van der Waals surface area contributed by atoms with Crippen LogP contribution in [0, 0.1) is 5.41 Å². The van der Waals surface area contributed by atoms with Crippen LogP contribution in [-0.4, -0.2) is 53.2 Å². The number of amides is 5. The summed E-state index contributed by atoms with van der Waals surface area (Å²) in [5, 5.41) is 2.11. The minimum absolute atomic E-state index is 0.252. The van der Waals surface area contributed by atoms with Gasteiger partial charge in [0.15, 0.2) is 0 Å². The molecule has 1 N–H and O–H groups in total. The van der Waals surface area contributed by atoms with Crippen molar-refractivity contribution in [3.63, 3.8) is 0 Å². The lowest BCUT2D eigenvalue weighted by Gasteiger charge is -2.35. The molecule has 2 heterocycles. The highest BCUT2D eigenvalue weighted by Gasteiger charge is 2.47. The van der Waals surface area contributed by atoms with Crippen molar-refractivity contribution in [1.29, 1.82) is 0 Å². The molecule has 0 bridgehead atoms. The quantitative estimate of drug-likeness (QED) is 0.727. The molecule has 0 spiro atoms. The molecule has 2 saturated heterocycles. The molecular weight excluding hydrogens is 262 g/mol. The van der Waals surface area contributed by atoms with E-state index >= 15 is 0 Å². The van der Waals surface area contributed by atoms with E-state index in [4.69, 9.17) is 0 Å². The van der Waals surface area contributed by atoms with Crippen LogP contribution >= 0.6 is 0 Å². The van der Waals surface area contributed by atoms with Gasteiger partial charge >= 0.3 is 6.03 Å². The van der Waals surface area contributed by atoms with E-state index in [-0.39, 0.29) is 12.5 Å². The number of nitrogens with zero attached hydrogens (tertiary/aromatic N) is 2. The molecule has 110 valence electrons. The topological polar surface area (TPSA) is 86.8 Å². The zero-order chi connectivity index (χ0) is 14.9. The first-order chi connectivity index (χ1) is 9.34. The predicted molar refractivity (Wildman–Crippen MR) is 69.5 cm³/mol. The van der Waals surface area contributed by atoms with Crippen LogP contribution in [0.1, 0.15) is 33.1 Å². The Morgan fingerprint density at radius 2 is 1.75 bits per heavy atom. The average Bonchev–Trinajstić information content (AvgIpc) is 2.43. The summed E-state index contributed by atoms with van der Waals surface area (Å²) >= 11 is 0.